The summed E-state index contributed by atoms with van der Waals surface area (Å²) in [7, 11) is 0. The van der Waals surface area contributed by atoms with Crippen LogP contribution in [0.2, 0.25) is 0 Å². The third-order valence-corrected chi connectivity index (χ3v) is 6.71. The minimum Gasteiger partial charge on any atom is -0.0622 e. The van der Waals surface area contributed by atoms with Crippen molar-refractivity contribution in [2.75, 3.05) is 0 Å². The fourth-order valence-electron chi connectivity index (χ4n) is 4.73. The Hall–Kier alpha value is -4.68. The first-order chi connectivity index (χ1) is 17.8. The number of hydrogen-bond acceptors (Lipinski definition) is 0. The highest BCUT2D eigenvalue weighted by Crippen LogP contribution is 2.31. The highest BCUT2D eigenvalue weighted by atomic mass is 14.1. The van der Waals surface area contributed by atoms with Crippen LogP contribution in [0.3, 0.4) is 0 Å². The fraction of sp³-hybridized carbons (Fsp3) is 0. The summed E-state index contributed by atoms with van der Waals surface area (Å²) in [6.07, 6.45) is 0. The quantitative estimate of drug-likeness (QED) is 0.241. The van der Waals surface area contributed by atoms with Gasteiger partial charge in [0.05, 0.1) is 0 Å². The number of benzene rings is 6. The molecule has 0 saturated carbocycles. The van der Waals surface area contributed by atoms with Crippen molar-refractivity contribution < 1.29 is 0 Å². The van der Waals surface area contributed by atoms with Gasteiger partial charge in [-0.1, -0.05) is 146 Å². The summed E-state index contributed by atoms with van der Waals surface area (Å²) in [6.45, 7) is 0. The van der Waals surface area contributed by atoms with Crippen molar-refractivity contribution in [1.82, 2.24) is 0 Å². The van der Waals surface area contributed by atoms with Crippen molar-refractivity contribution in [3.63, 3.8) is 0 Å². The Labute approximate surface area is 213 Å². The van der Waals surface area contributed by atoms with Crippen molar-refractivity contribution in [2.24, 2.45) is 0 Å². The SMILES string of the molecule is c1ccc(-c2ccc(-c3cccc(-c4ccc(-c5cccc(-c6ccccc6)c5)cc4)c3)cc2)cc1. The molecular weight excluding hydrogens is 432 g/mol. The van der Waals surface area contributed by atoms with E-state index in [1.165, 1.54) is 55.6 Å². The van der Waals surface area contributed by atoms with E-state index in [2.05, 4.69) is 158 Å². The topological polar surface area (TPSA) is 0 Å². The first-order valence-corrected chi connectivity index (χ1v) is 12.4. The van der Waals surface area contributed by atoms with Crippen LogP contribution in [0.25, 0.3) is 55.6 Å². The number of hydrogen-bond donors (Lipinski definition) is 0. The van der Waals surface area contributed by atoms with Crippen LogP contribution in [-0.2, 0) is 0 Å². The Morgan fingerprint density at radius 1 is 0.167 bits per heavy atom. The molecule has 0 unspecified atom stereocenters. The number of rotatable bonds is 5. The molecule has 0 atom stereocenters. The molecule has 0 radical (unpaired) electrons. The molecule has 0 nitrogen and oxygen atoms in total. The van der Waals surface area contributed by atoms with Gasteiger partial charge in [0.25, 0.3) is 0 Å². The third-order valence-electron chi connectivity index (χ3n) is 6.71. The molecule has 0 aliphatic rings. The van der Waals surface area contributed by atoms with E-state index in [0.29, 0.717) is 0 Å². The summed E-state index contributed by atoms with van der Waals surface area (Å²) in [5.74, 6) is 0. The first kappa shape index (κ1) is 21.8. The summed E-state index contributed by atoms with van der Waals surface area (Å²) in [4.78, 5) is 0. The van der Waals surface area contributed by atoms with Gasteiger partial charge in [0.2, 0.25) is 0 Å². The van der Waals surface area contributed by atoms with Gasteiger partial charge < -0.3 is 0 Å². The van der Waals surface area contributed by atoms with E-state index in [4.69, 9.17) is 0 Å². The highest BCUT2D eigenvalue weighted by molar-refractivity contribution is 5.78. The lowest BCUT2D eigenvalue weighted by Crippen LogP contribution is -1.84. The molecule has 0 fully saturated rings. The van der Waals surface area contributed by atoms with Crippen LogP contribution in [0.5, 0.6) is 0 Å². The molecule has 6 aromatic rings. The van der Waals surface area contributed by atoms with Gasteiger partial charge in [-0.3, -0.25) is 0 Å². The van der Waals surface area contributed by atoms with E-state index in [1.54, 1.807) is 0 Å². The van der Waals surface area contributed by atoms with E-state index in [1.807, 2.05) is 0 Å². The van der Waals surface area contributed by atoms with Gasteiger partial charge in [-0.25, -0.2) is 0 Å². The van der Waals surface area contributed by atoms with E-state index in [-0.39, 0.29) is 0 Å². The van der Waals surface area contributed by atoms with Crippen LogP contribution < -0.4 is 0 Å². The molecule has 0 aromatic heterocycles. The minimum absolute atomic E-state index is 1.22. The van der Waals surface area contributed by atoms with Gasteiger partial charge in [0.15, 0.2) is 0 Å². The molecule has 0 saturated heterocycles. The van der Waals surface area contributed by atoms with Gasteiger partial charge >= 0.3 is 0 Å². The normalized spacial score (nSPS) is 10.8. The van der Waals surface area contributed by atoms with Crippen molar-refractivity contribution in [2.45, 2.75) is 0 Å². The summed E-state index contributed by atoms with van der Waals surface area (Å²) >= 11 is 0. The molecule has 0 bridgehead atoms. The van der Waals surface area contributed by atoms with Gasteiger partial charge in [0, 0.05) is 0 Å². The Kier molecular flexibility index (Phi) is 6.00. The van der Waals surface area contributed by atoms with Crippen LogP contribution in [0.4, 0.5) is 0 Å². The lowest BCUT2D eigenvalue weighted by Gasteiger charge is -2.09. The molecule has 0 aliphatic carbocycles. The zero-order valence-corrected chi connectivity index (χ0v) is 20.0. The lowest BCUT2D eigenvalue weighted by atomic mass is 9.95. The first-order valence-electron chi connectivity index (χ1n) is 12.4. The van der Waals surface area contributed by atoms with Crippen molar-refractivity contribution in [1.29, 1.82) is 0 Å². The molecule has 0 N–H and O–H groups in total. The van der Waals surface area contributed by atoms with Gasteiger partial charge in [-0.15, -0.1) is 0 Å². The highest BCUT2D eigenvalue weighted by Gasteiger charge is 2.05. The van der Waals surface area contributed by atoms with Gasteiger partial charge in [-0.2, -0.15) is 0 Å². The fourth-order valence-corrected chi connectivity index (χ4v) is 4.73. The minimum atomic E-state index is 1.22. The average Bonchev–Trinajstić information content (AvgIpc) is 2.98. The largest absolute Gasteiger partial charge is 0.0622 e. The second-order valence-electron chi connectivity index (χ2n) is 9.05. The molecule has 0 heteroatoms. The molecule has 6 aromatic carbocycles. The second-order valence-corrected chi connectivity index (χ2v) is 9.05. The van der Waals surface area contributed by atoms with Crippen molar-refractivity contribution in [3.05, 3.63) is 158 Å². The Bertz CT molecular complexity index is 1580. The monoisotopic (exact) mass is 458 g/mol. The molecule has 170 valence electrons. The molecule has 36 heavy (non-hydrogen) atoms. The second kappa shape index (κ2) is 9.90. The van der Waals surface area contributed by atoms with Crippen molar-refractivity contribution >= 4 is 0 Å². The Morgan fingerprint density at radius 2 is 0.389 bits per heavy atom. The van der Waals surface area contributed by atoms with Crippen LogP contribution >= 0.6 is 0 Å². The maximum absolute atomic E-state index is 2.28. The smallest absolute Gasteiger partial charge is 0.0178 e. The molecule has 0 heterocycles. The summed E-state index contributed by atoms with van der Waals surface area (Å²) in [5, 5.41) is 0. The van der Waals surface area contributed by atoms with Crippen LogP contribution in [0.1, 0.15) is 0 Å². The average molecular weight is 459 g/mol. The molecule has 6 rings (SSSR count). The Morgan fingerprint density at radius 3 is 0.722 bits per heavy atom. The zero-order chi connectivity index (χ0) is 24.2. The van der Waals surface area contributed by atoms with Crippen LogP contribution in [0, 0.1) is 0 Å². The predicted octanol–water partition coefficient (Wildman–Crippen LogP) is 10.0. The van der Waals surface area contributed by atoms with Crippen LogP contribution in [-0.4, -0.2) is 0 Å². The van der Waals surface area contributed by atoms with Crippen molar-refractivity contribution in [3.8, 4) is 55.6 Å². The summed E-state index contributed by atoms with van der Waals surface area (Å²) in [6, 6.07) is 56.3. The lowest BCUT2D eigenvalue weighted by molar-refractivity contribution is 1.56. The molecular formula is C36H26. The summed E-state index contributed by atoms with van der Waals surface area (Å²) in [5.41, 5.74) is 12.3. The predicted molar refractivity (Wildman–Crippen MR) is 154 cm³/mol. The maximum Gasteiger partial charge on any atom is -0.0178 e. The van der Waals surface area contributed by atoms with Gasteiger partial charge in [0.1, 0.15) is 0 Å². The third kappa shape index (κ3) is 4.62. The standard InChI is InChI=1S/C36H26/c1-3-9-27(10-4-1)29-17-19-30(20-18-29)35-15-8-16-36(26-35)32-23-21-31(22-24-32)34-14-7-13-33(25-34)28-11-5-2-6-12-28/h1-26H. The maximum atomic E-state index is 2.28. The Balaban J connectivity index is 1.25. The molecule has 0 aliphatic heterocycles. The van der Waals surface area contributed by atoms with Crippen LogP contribution in [0.15, 0.2) is 158 Å². The van der Waals surface area contributed by atoms with E-state index in [9.17, 15) is 0 Å². The summed E-state index contributed by atoms with van der Waals surface area (Å²) < 4.78 is 0. The van der Waals surface area contributed by atoms with E-state index in [0.717, 1.165) is 0 Å². The van der Waals surface area contributed by atoms with Gasteiger partial charge in [-0.05, 0) is 67.8 Å². The zero-order valence-electron chi connectivity index (χ0n) is 20.0. The van der Waals surface area contributed by atoms with E-state index >= 15 is 0 Å². The molecule has 0 spiro atoms. The molecule has 0 amide bonds. The van der Waals surface area contributed by atoms with E-state index < -0.39 is 0 Å².